The lowest BCUT2D eigenvalue weighted by Crippen LogP contribution is -2.08. The fraction of sp³-hybridized carbons (Fsp3) is 0.615. The minimum atomic E-state index is 0.378. The smallest absolute Gasteiger partial charge is 0.206 e. The predicted molar refractivity (Wildman–Crippen MR) is 83.1 cm³/mol. The van der Waals surface area contributed by atoms with E-state index < -0.39 is 0 Å². The van der Waals surface area contributed by atoms with E-state index in [1.807, 2.05) is 0 Å². The van der Waals surface area contributed by atoms with Crippen molar-refractivity contribution in [3.05, 3.63) is 10.7 Å². The lowest BCUT2D eigenvalue weighted by Gasteiger charge is -2.03. The molecule has 0 radical (unpaired) electrons. The van der Waals surface area contributed by atoms with E-state index in [0.29, 0.717) is 6.04 Å². The van der Waals surface area contributed by atoms with E-state index in [1.165, 1.54) is 15.6 Å². The zero-order valence-corrected chi connectivity index (χ0v) is 13.5. The molecule has 0 aliphatic heterocycles. The number of rotatable bonds is 6. The Morgan fingerprint density at radius 1 is 1.16 bits per heavy atom. The maximum Gasteiger partial charge on any atom is 0.206 e. The highest BCUT2D eigenvalue weighted by molar-refractivity contribution is 7.23. The Balaban J connectivity index is 2.29. The average molecular weight is 296 g/mol. The lowest BCUT2D eigenvalue weighted by atomic mass is 10.2. The van der Waals surface area contributed by atoms with Crippen molar-refractivity contribution >= 4 is 27.8 Å². The molecule has 0 bridgehead atoms. The minimum absolute atomic E-state index is 0.378. The van der Waals surface area contributed by atoms with Crippen molar-refractivity contribution in [2.24, 2.45) is 0 Å². The van der Waals surface area contributed by atoms with Crippen LogP contribution in [-0.2, 0) is 12.8 Å². The van der Waals surface area contributed by atoms with Crippen LogP contribution in [0.2, 0.25) is 0 Å². The number of thiazole rings is 1. The van der Waals surface area contributed by atoms with Crippen molar-refractivity contribution in [1.82, 2.24) is 15.2 Å². The van der Waals surface area contributed by atoms with Crippen LogP contribution in [0.5, 0.6) is 0 Å². The summed E-state index contributed by atoms with van der Waals surface area (Å²) in [5.41, 5.74) is 1.18. The first kappa shape index (κ1) is 14.4. The van der Waals surface area contributed by atoms with Gasteiger partial charge in [-0.2, -0.15) is 0 Å². The van der Waals surface area contributed by atoms with Crippen LogP contribution in [-0.4, -0.2) is 21.2 Å². The summed E-state index contributed by atoms with van der Waals surface area (Å²) < 4.78 is 0. The van der Waals surface area contributed by atoms with Crippen molar-refractivity contribution in [2.45, 2.75) is 53.0 Å². The molecular formula is C13H20N4S2. The standard InChI is InChI=1S/C13H20N4S2/c1-5-7-9-11(18-10(6-2)15-9)12-16-17-13(19-12)14-8(3)4/h8H,5-7H2,1-4H3,(H,14,17). The Labute approximate surface area is 122 Å². The molecule has 6 heteroatoms. The first-order valence-corrected chi connectivity index (χ1v) is 8.36. The van der Waals surface area contributed by atoms with Crippen LogP contribution in [0.3, 0.4) is 0 Å². The van der Waals surface area contributed by atoms with E-state index in [2.05, 4.69) is 43.2 Å². The van der Waals surface area contributed by atoms with E-state index in [0.717, 1.165) is 29.4 Å². The number of hydrogen-bond donors (Lipinski definition) is 1. The second-order valence-electron chi connectivity index (χ2n) is 4.70. The van der Waals surface area contributed by atoms with Gasteiger partial charge in [0.1, 0.15) is 0 Å². The number of nitrogens with zero attached hydrogens (tertiary/aromatic N) is 3. The summed E-state index contributed by atoms with van der Waals surface area (Å²) in [4.78, 5) is 5.90. The molecule has 0 saturated heterocycles. The molecule has 104 valence electrons. The fourth-order valence-corrected chi connectivity index (χ4v) is 3.78. The molecule has 0 aliphatic rings. The van der Waals surface area contributed by atoms with E-state index in [-0.39, 0.29) is 0 Å². The van der Waals surface area contributed by atoms with Gasteiger partial charge < -0.3 is 5.32 Å². The van der Waals surface area contributed by atoms with Crippen LogP contribution in [0.25, 0.3) is 9.88 Å². The molecule has 2 heterocycles. The maximum atomic E-state index is 4.70. The number of aryl methyl sites for hydroxylation is 2. The first-order chi connectivity index (χ1) is 9.13. The number of anilines is 1. The Hall–Kier alpha value is -1.01. The second kappa shape index (κ2) is 6.43. The minimum Gasteiger partial charge on any atom is -0.358 e. The molecule has 4 nitrogen and oxygen atoms in total. The van der Waals surface area contributed by atoms with Crippen LogP contribution in [0.15, 0.2) is 0 Å². The molecular weight excluding hydrogens is 276 g/mol. The Kier molecular flexibility index (Phi) is 4.87. The largest absolute Gasteiger partial charge is 0.358 e. The molecule has 0 spiro atoms. The van der Waals surface area contributed by atoms with Crippen molar-refractivity contribution in [1.29, 1.82) is 0 Å². The third-order valence-electron chi connectivity index (χ3n) is 2.56. The summed E-state index contributed by atoms with van der Waals surface area (Å²) in [5.74, 6) is 0. The van der Waals surface area contributed by atoms with Gasteiger partial charge in [-0.05, 0) is 26.7 Å². The second-order valence-corrected chi connectivity index (χ2v) is 6.76. The quantitative estimate of drug-likeness (QED) is 0.875. The summed E-state index contributed by atoms with van der Waals surface area (Å²) >= 11 is 3.37. The van der Waals surface area contributed by atoms with Gasteiger partial charge in [0.15, 0.2) is 5.01 Å². The zero-order chi connectivity index (χ0) is 13.8. The van der Waals surface area contributed by atoms with Crippen molar-refractivity contribution in [3.8, 4) is 9.88 Å². The summed E-state index contributed by atoms with van der Waals surface area (Å²) in [5, 5.41) is 14.9. The van der Waals surface area contributed by atoms with Gasteiger partial charge in [-0.3, -0.25) is 0 Å². The Bertz CT molecular complexity index is 530. The maximum absolute atomic E-state index is 4.70. The van der Waals surface area contributed by atoms with Gasteiger partial charge in [0.2, 0.25) is 5.13 Å². The summed E-state index contributed by atoms with van der Waals surface area (Å²) in [6, 6.07) is 0.378. The fourth-order valence-electron chi connectivity index (χ4n) is 1.75. The van der Waals surface area contributed by atoms with Crippen LogP contribution in [0.1, 0.15) is 44.8 Å². The summed E-state index contributed by atoms with van der Waals surface area (Å²) in [6.07, 6.45) is 3.10. The van der Waals surface area contributed by atoms with E-state index in [4.69, 9.17) is 4.98 Å². The lowest BCUT2D eigenvalue weighted by molar-refractivity contribution is 0.880. The van der Waals surface area contributed by atoms with Gasteiger partial charge in [-0.1, -0.05) is 31.6 Å². The van der Waals surface area contributed by atoms with Crippen LogP contribution in [0.4, 0.5) is 5.13 Å². The molecule has 0 aliphatic carbocycles. The zero-order valence-electron chi connectivity index (χ0n) is 11.9. The monoisotopic (exact) mass is 296 g/mol. The van der Waals surface area contributed by atoms with Crippen LogP contribution < -0.4 is 5.32 Å². The molecule has 0 aromatic carbocycles. The average Bonchev–Trinajstić information content (AvgIpc) is 2.95. The topological polar surface area (TPSA) is 50.7 Å². The third kappa shape index (κ3) is 3.51. The molecule has 0 amide bonds. The number of hydrogen-bond acceptors (Lipinski definition) is 6. The van der Waals surface area contributed by atoms with Gasteiger partial charge in [0, 0.05) is 6.04 Å². The van der Waals surface area contributed by atoms with E-state index in [9.17, 15) is 0 Å². The Morgan fingerprint density at radius 2 is 1.95 bits per heavy atom. The van der Waals surface area contributed by atoms with Gasteiger partial charge >= 0.3 is 0 Å². The predicted octanol–water partition coefficient (Wildman–Crippen LogP) is 4.00. The van der Waals surface area contributed by atoms with Crippen LogP contribution in [0, 0.1) is 0 Å². The van der Waals surface area contributed by atoms with Gasteiger partial charge in [-0.15, -0.1) is 21.5 Å². The van der Waals surface area contributed by atoms with Gasteiger partial charge in [-0.25, -0.2) is 4.98 Å². The highest BCUT2D eigenvalue weighted by Crippen LogP contribution is 2.34. The molecule has 0 atom stereocenters. The highest BCUT2D eigenvalue weighted by atomic mass is 32.1. The molecule has 1 N–H and O–H groups in total. The molecule has 2 aromatic heterocycles. The van der Waals surface area contributed by atoms with Crippen LogP contribution >= 0.6 is 22.7 Å². The normalized spacial score (nSPS) is 11.2. The van der Waals surface area contributed by atoms with E-state index >= 15 is 0 Å². The molecule has 2 aromatic rings. The van der Waals surface area contributed by atoms with Gasteiger partial charge in [0.05, 0.1) is 15.6 Å². The summed E-state index contributed by atoms with van der Waals surface area (Å²) in [6.45, 7) is 8.53. The molecule has 0 unspecified atom stereocenters. The Morgan fingerprint density at radius 3 is 2.58 bits per heavy atom. The molecule has 2 rings (SSSR count). The third-order valence-corrected chi connectivity index (χ3v) is 4.81. The van der Waals surface area contributed by atoms with Crippen molar-refractivity contribution in [3.63, 3.8) is 0 Å². The van der Waals surface area contributed by atoms with Crippen molar-refractivity contribution < 1.29 is 0 Å². The first-order valence-electron chi connectivity index (χ1n) is 6.73. The molecule has 0 fully saturated rings. The number of aromatic nitrogens is 3. The summed E-state index contributed by atoms with van der Waals surface area (Å²) in [7, 11) is 0. The van der Waals surface area contributed by atoms with Gasteiger partial charge in [0.25, 0.3) is 0 Å². The number of nitrogens with one attached hydrogen (secondary N) is 1. The molecule has 0 saturated carbocycles. The van der Waals surface area contributed by atoms with Crippen molar-refractivity contribution in [2.75, 3.05) is 5.32 Å². The SMILES string of the molecule is CCCc1nc(CC)sc1-c1nnc(NC(C)C)s1. The molecule has 19 heavy (non-hydrogen) atoms. The highest BCUT2D eigenvalue weighted by Gasteiger charge is 2.16. The van der Waals surface area contributed by atoms with E-state index in [1.54, 1.807) is 22.7 Å².